The van der Waals surface area contributed by atoms with E-state index in [1.165, 1.54) is 24.3 Å². The maximum absolute atomic E-state index is 12.2. The van der Waals surface area contributed by atoms with Crippen molar-refractivity contribution in [3.05, 3.63) is 76.0 Å². The number of nitrogens with zero attached hydrogens (tertiary/aromatic N) is 1. The van der Waals surface area contributed by atoms with Gasteiger partial charge in [0.1, 0.15) is 23.9 Å². The van der Waals surface area contributed by atoms with Crippen molar-refractivity contribution in [3.8, 4) is 17.1 Å². The average molecular weight is 382 g/mol. The third-order valence-corrected chi connectivity index (χ3v) is 4.03. The van der Waals surface area contributed by atoms with Crippen LogP contribution in [0.4, 0.5) is 11.4 Å². The van der Waals surface area contributed by atoms with Crippen LogP contribution in [-0.4, -0.2) is 22.5 Å². The van der Waals surface area contributed by atoms with Crippen LogP contribution in [0.25, 0.3) is 11.3 Å². The number of benzene rings is 2. The molecule has 0 aliphatic carbocycles. The highest BCUT2D eigenvalue weighted by Gasteiger charge is 2.11. The van der Waals surface area contributed by atoms with E-state index in [1.807, 2.05) is 19.1 Å². The molecule has 0 spiro atoms. The van der Waals surface area contributed by atoms with Crippen LogP contribution in [0.15, 0.2) is 59.0 Å². The Labute approximate surface area is 160 Å². The monoisotopic (exact) mass is 382 g/mol. The summed E-state index contributed by atoms with van der Waals surface area (Å²) >= 11 is 0. The molecule has 3 rings (SSSR count). The molecular weight excluding hydrogens is 364 g/mol. The Kier molecular flexibility index (Phi) is 5.71. The normalized spacial score (nSPS) is 10.5. The highest BCUT2D eigenvalue weighted by Crippen LogP contribution is 2.27. The number of hydrogen-bond donors (Lipinski definition) is 2. The van der Waals surface area contributed by atoms with Crippen LogP contribution in [0.3, 0.4) is 0 Å². The number of nitro benzene ring substituents is 1. The number of carbonyl (C=O) groups is 1. The van der Waals surface area contributed by atoms with E-state index in [2.05, 4.69) is 5.32 Å². The maximum atomic E-state index is 12.2. The number of nitrogens with one attached hydrogen (secondary N) is 1. The zero-order valence-electron chi connectivity index (χ0n) is 15.0. The number of carbonyl (C=O) groups excluding carboxylic acids is 1. The van der Waals surface area contributed by atoms with Crippen LogP contribution in [0.5, 0.6) is 5.75 Å². The smallest absolute Gasteiger partial charge is 0.269 e. The van der Waals surface area contributed by atoms with Crippen LogP contribution in [0.2, 0.25) is 0 Å². The highest BCUT2D eigenvalue weighted by atomic mass is 16.6. The standard InChI is InChI=1S/C20H18N2O6/c1-13-2-3-14(19-9-8-17(11-23)28-19)10-18(13)21-20(24)12-27-16-6-4-15(5-7-16)22(25)26/h2-10,23H,11-12H2,1H3,(H,21,24). The van der Waals surface area contributed by atoms with Crippen LogP contribution in [0, 0.1) is 17.0 Å². The topological polar surface area (TPSA) is 115 Å². The van der Waals surface area contributed by atoms with Gasteiger partial charge in [0.15, 0.2) is 6.61 Å². The third kappa shape index (κ3) is 4.54. The number of aliphatic hydroxyl groups is 1. The summed E-state index contributed by atoms with van der Waals surface area (Å²) in [6.45, 7) is 1.43. The van der Waals surface area contributed by atoms with Gasteiger partial charge in [-0.2, -0.15) is 0 Å². The van der Waals surface area contributed by atoms with E-state index in [-0.39, 0.29) is 24.8 Å². The molecule has 0 bridgehead atoms. The Morgan fingerprint density at radius 1 is 1.18 bits per heavy atom. The number of nitro groups is 1. The molecule has 0 aliphatic heterocycles. The fourth-order valence-electron chi connectivity index (χ4n) is 2.53. The first-order chi connectivity index (χ1) is 13.5. The molecule has 2 aromatic carbocycles. The number of rotatable bonds is 7. The number of aliphatic hydroxyl groups excluding tert-OH is 1. The van der Waals surface area contributed by atoms with Crippen molar-refractivity contribution in [1.29, 1.82) is 0 Å². The summed E-state index contributed by atoms with van der Waals surface area (Å²) in [7, 11) is 0. The van der Waals surface area contributed by atoms with E-state index in [1.54, 1.807) is 18.2 Å². The number of hydrogen-bond acceptors (Lipinski definition) is 6. The highest BCUT2D eigenvalue weighted by molar-refractivity contribution is 5.93. The predicted molar refractivity (Wildman–Crippen MR) is 102 cm³/mol. The molecule has 0 aliphatic rings. The lowest BCUT2D eigenvalue weighted by atomic mass is 10.1. The Morgan fingerprint density at radius 3 is 2.57 bits per heavy atom. The molecule has 8 heteroatoms. The summed E-state index contributed by atoms with van der Waals surface area (Å²) in [5.74, 6) is 1.03. The van der Waals surface area contributed by atoms with Crippen LogP contribution in [0.1, 0.15) is 11.3 Å². The molecule has 1 aromatic heterocycles. The number of amides is 1. The Morgan fingerprint density at radius 2 is 1.93 bits per heavy atom. The molecule has 2 N–H and O–H groups in total. The van der Waals surface area contributed by atoms with Crippen LogP contribution >= 0.6 is 0 Å². The van der Waals surface area contributed by atoms with Crippen molar-refractivity contribution in [2.75, 3.05) is 11.9 Å². The van der Waals surface area contributed by atoms with Gasteiger partial charge in [-0.05, 0) is 42.8 Å². The zero-order valence-corrected chi connectivity index (χ0v) is 15.0. The first-order valence-corrected chi connectivity index (χ1v) is 8.44. The van der Waals surface area contributed by atoms with Crippen molar-refractivity contribution in [3.63, 3.8) is 0 Å². The van der Waals surface area contributed by atoms with E-state index in [0.29, 0.717) is 23.0 Å². The molecule has 28 heavy (non-hydrogen) atoms. The molecule has 0 saturated carbocycles. The number of ether oxygens (including phenoxy) is 1. The molecule has 1 heterocycles. The van der Waals surface area contributed by atoms with Crippen molar-refractivity contribution in [2.45, 2.75) is 13.5 Å². The maximum Gasteiger partial charge on any atom is 0.269 e. The van der Waals surface area contributed by atoms with E-state index in [4.69, 9.17) is 14.3 Å². The van der Waals surface area contributed by atoms with Crippen molar-refractivity contribution in [1.82, 2.24) is 0 Å². The Hall–Kier alpha value is -3.65. The minimum atomic E-state index is -0.505. The van der Waals surface area contributed by atoms with Gasteiger partial charge in [0, 0.05) is 23.4 Å². The summed E-state index contributed by atoms with van der Waals surface area (Å²) in [6, 6.07) is 14.4. The SMILES string of the molecule is Cc1ccc(-c2ccc(CO)o2)cc1NC(=O)COc1ccc([N+](=O)[O-])cc1. The molecular formula is C20H18N2O6. The molecule has 0 radical (unpaired) electrons. The third-order valence-electron chi connectivity index (χ3n) is 4.03. The van der Waals surface area contributed by atoms with E-state index >= 15 is 0 Å². The van der Waals surface area contributed by atoms with Gasteiger partial charge in [0.25, 0.3) is 11.6 Å². The van der Waals surface area contributed by atoms with Gasteiger partial charge >= 0.3 is 0 Å². The van der Waals surface area contributed by atoms with Gasteiger partial charge < -0.3 is 19.6 Å². The average Bonchev–Trinajstić information content (AvgIpc) is 3.17. The number of furan rings is 1. The lowest BCUT2D eigenvalue weighted by Gasteiger charge is -2.11. The Bertz CT molecular complexity index is 994. The van der Waals surface area contributed by atoms with Gasteiger partial charge in [-0.1, -0.05) is 12.1 Å². The number of non-ortho nitro benzene ring substituents is 1. The van der Waals surface area contributed by atoms with E-state index in [0.717, 1.165) is 11.1 Å². The first-order valence-electron chi connectivity index (χ1n) is 8.44. The molecule has 8 nitrogen and oxygen atoms in total. The fourth-order valence-corrected chi connectivity index (χ4v) is 2.53. The van der Waals surface area contributed by atoms with Gasteiger partial charge in [-0.15, -0.1) is 0 Å². The summed E-state index contributed by atoms with van der Waals surface area (Å²) in [4.78, 5) is 22.3. The summed E-state index contributed by atoms with van der Waals surface area (Å²) < 4.78 is 10.9. The number of aryl methyl sites for hydroxylation is 1. The molecule has 144 valence electrons. The first kappa shape index (κ1) is 19.1. The zero-order chi connectivity index (χ0) is 20.1. The minimum Gasteiger partial charge on any atom is -0.484 e. The van der Waals surface area contributed by atoms with Gasteiger partial charge in [-0.25, -0.2) is 0 Å². The molecule has 0 unspecified atom stereocenters. The predicted octanol–water partition coefficient (Wildman–Crippen LogP) is 3.67. The van der Waals surface area contributed by atoms with Gasteiger partial charge in [-0.3, -0.25) is 14.9 Å². The largest absolute Gasteiger partial charge is 0.484 e. The second kappa shape index (κ2) is 8.36. The molecule has 3 aromatic rings. The molecule has 1 amide bonds. The van der Waals surface area contributed by atoms with Crippen molar-refractivity contribution < 1.29 is 24.0 Å². The van der Waals surface area contributed by atoms with E-state index in [9.17, 15) is 14.9 Å². The summed E-state index contributed by atoms with van der Waals surface area (Å²) in [6.07, 6.45) is 0. The van der Waals surface area contributed by atoms with Gasteiger partial charge in [0.2, 0.25) is 0 Å². The number of anilines is 1. The van der Waals surface area contributed by atoms with Crippen molar-refractivity contribution >= 4 is 17.3 Å². The molecule has 0 atom stereocenters. The second-order valence-corrected chi connectivity index (χ2v) is 6.04. The van der Waals surface area contributed by atoms with Crippen LogP contribution < -0.4 is 10.1 Å². The van der Waals surface area contributed by atoms with Crippen LogP contribution in [-0.2, 0) is 11.4 Å². The lowest BCUT2D eigenvalue weighted by molar-refractivity contribution is -0.384. The lowest BCUT2D eigenvalue weighted by Crippen LogP contribution is -2.20. The molecule has 0 fully saturated rings. The minimum absolute atomic E-state index is 0.0495. The summed E-state index contributed by atoms with van der Waals surface area (Å²) in [5.41, 5.74) is 2.18. The van der Waals surface area contributed by atoms with Gasteiger partial charge in [0.05, 0.1) is 4.92 Å². The second-order valence-electron chi connectivity index (χ2n) is 6.04. The van der Waals surface area contributed by atoms with E-state index < -0.39 is 4.92 Å². The summed E-state index contributed by atoms with van der Waals surface area (Å²) in [5, 5.41) is 22.5. The Balaban J connectivity index is 1.64. The fraction of sp³-hybridized carbons (Fsp3) is 0.150. The quantitative estimate of drug-likeness (QED) is 0.476. The molecule has 0 saturated heterocycles. The van der Waals surface area contributed by atoms with Crippen molar-refractivity contribution in [2.24, 2.45) is 0 Å².